The van der Waals surface area contributed by atoms with E-state index in [1.54, 1.807) is 24.3 Å². The Hall–Kier alpha value is -2.04. The molecule has 0 radical (unpaired) electrons. The summed E-state index contributed by atoms with van der Waals surface area (Å²) in [4.78, 5) is 26.1. The monoisotopic (exact) mass is 305 g/mol. The van der Waals surface area contributed by atoms with Crippen LogP contribution < -0.4 is 4.74 Å². The van der Waals surface area contributed by atoms with Gasteiger partial charge in [-0.15, -0.1) is 0 Å². The Kier molecular flexibility index (Phi) is 5.81. The highest BCUT2D eigenvalue weighted by molar-refractivity contribution is 5.91. The van der Waals surface area contributed by atoms with Crippen LogP contribution in [0.15, 0.2) is 24.3 Å². The number of hydrogen-bond donors (Lipinski definition) is 0. The second kappa shape index (κ2) is 7.82. The van der Waals surface area contributed by atoms with Crippen molar-refractivity contribution in [3.8, 4) is 5.75 Å². The molecular weight excluding hydrogens is 282 g/mol. The summed E-state index contributed by atoms with van der Waals surface area (Å²) in [6.07, 6.45) is 4.15. The van der Waals surface area contributed by atoms with Crippen LogP contribution in [0.2, 0.25) is 0 Å². The van der Waals surface area contributed by atoms with E-state index < -0.39 is 5.97 Å². The molecule has 5 nitrogen and oxygen atoms in total. The molecule has 22 heavy (non-hydrogen) atoms. The molecule has 0 aromatic heterocycles. The summed E-state index contributed by atoms with van der Waals surface area (Å²) in [6.45, 7) is 2.64. The molecule has 2 rings (SSSR count). The van der Waals surface area contributed by atoms with Gasteiger partial charge in [-0.05, 0) is 43.9 Å². The zero-order chi connectivity index (χ0) is 15.9. The number of hydrogen-bond acceptors (Lipinski definition) is 4. The van der Waals surface area contributed by atoms with E-state index in [0.29, 0.717) is 11.3 Å². The Balaban J connectivity index is 1.91. The van der Waals surface area contributed by atoms with Crippen molar-refractivity contribution < 1.29 is 19.1 Å². The minimum absolute atomic E-state index is 0.109. The number of likely N-dealkylation sites (tertiary alicyclic amines) is 1. The Morgan fingerprint density at radius 1 is 1.32 bits per heavy atom. The number of carbonyl (C=O) groups is 2. The third kappa shape index (κ3) is 4.00. The standard InChI is InChI=1S/C17H23NO4/c1-3-14-8-4-5-10-18(14)16(19)12-22-17(20)13-7-6-9-15(11-13)21-2/h6-7,9,11,14H,3-5,8,10,12H2,1-2H3/t14-/m0/s1. The average Bonchev–Trinajstić information content (AvgIpc) is 2.59. The molecule has 0 bridgehead atoms. The van der Waals surface area contributed by atoms with Crippen LogP contribution in [-0.2, 0) is 9.53 Å². The van der Waals surface area contributed by atoms with Crippen LogP contribution in [0.25, 0.3) is 0 Å². The lowest BCUT2D eigenvalue weighted by Crippen LogP contribution is -2.45. The van der Waals surface area contributed by atoms with Crippen molar-refractivity contribution in [3.05, 3.63) is 29.8 Å². The third-order valence-corrected chi connectivity index (χ3v) is 4.05. The summed E-state index contributed by atoms with van der Waals surface area (Å²) in [7, 11) is 1.54. The number of esters is 1. The lowest BCUT2D eigenvalue weighted by Gasteiger charge is -2.35. The first-order valence-corrected chi connectivity index (χ1v) is 7.76. The molecule has 1 aromatic rings. The summed E-state index contributed by atoms with van der Waals surface area (Å²) in [6, 6.07) is 6.99. The number of benzene rings is 1. The van der Waals surface area contributed by atoms with Gasteiger partial charge in [0, 0.05) is 12.6 Å². The molecule has 1 aliphatic rings. The zero-order valence-electron chi connectivity index (χ0n) is 13.2. The maximum Gasteiger partial charge on any atom is 0.338 e. The highest BCUT2D eigenvalue weighted by Crippen LogP contribution is 2.19. The van der Waals surface area contributed by atoms with Crippen molar-refractivity contribution in [2.24, 2.45) is 0 Å². The first kappa shape index (κ1) is 16.3. The second-order valence-corrected chi connectivity index (χ2v) is 5.45. The Labute approximate surface area is 131 Å². The Morgan fingerprint density at radius 3 is 2.86 bits per heavy atom. The van der Waals surface area contributed by atoms with E-state index >= 15 is 0 Å². The molecular formula is C17H23NO4. The smallest absolute Gasteiger partial charge is 0.338 e. The van der Waals surface area contributed by atoms with Gasteiger partial charge < -0.3 is 14.4 Å². The van der Waals surface area contributed by atoms with Crippen LogP contribution in [0, 0.1) is 0 Å². The number of piperidine rings is 1. The van der Waals surface area contributed by atoms with E-state index in [1.807, 2.05) is 4.90 Å². The molecule has 0 saturated carbocycles. The molecule has 0 aliphatic carbocycles. The number of rotatable bonds is 5. The van der Waals surface area contributed by atoms with Gasteiger partial charge in [0.15, 0.2) is 6.61 Å². The van der Waals surface area contributed by atoms with Crippen LogP contribution in [0.1, 0.15) is 43.0 Å². The minimum atomic E-state index is -0.502. The fourth-order valence-electron chi connectivity index (χ4n) is 2.80. The van der Waals surface area contributed by atoms with Crippen molar-refractivity contribution in [2.75, 3.05) is 20.3 Å². The van der Waals surface area contributed by atoms with Crippen LogP contribution in [0.5, 0.6) is 5.75 Å². The quantitative estimate of drug-likeness (QED) is 0.785. The fraction of sp³-hybridized carbons (Fsp3) is 0.529. The van der Waals surface area contributed by atoms with Gasteiger partial charge in [0.25, 0.3) is 5.91 Å². The minimum Gasteiger partial charge on any atom is -0.497 e. The van der Waals surface area contributed by atoms with Gasteiger partial charge in [0.2, 0.25) is 0 Å². The molecule has 1 amide bonds. The van der Waals surface area contributed by atoms with Crippen LogP contribution in [0.4, 0.5) is 0 Å². The topological polar surface area (TPSA) is 55.8 Å². The van der Waals surface area contributed by atoms with Gasteiger partial charge in [-0.25, -0.2) is 4.79 Å². The molecule has 120 valence electrons. The number of ether oxygens (including phenoxy) is 2. The summed E-state index contributed by atoms with van der Waals surface area (Å²) in [5.74, 6) is -0.0250. The lowest BCUT2D eigenvalue weighted by molar-refractivity contribution is -0.138. The molecule has 5 heteroatoms. The van der Waals surface area contributed by atoms with Crippen LogP contribution >= 0.6 is 0 Å². The van der Waals surface area contributed by atoms with Crippen molar-refractivity contribution in [1.82, 2.24) is 4.90 Å². The molecule has 1 aromatic carbocycles. The fourth-order valence-corrected chi connectivity index (χ4v) is 2.80. The largest absolute Gasteiger partial charge is 0.497 e. The summed E-state index contributed by atoms with van der Waals surface area (Å²) in [5, 5.41) is 0. The summed E-state index contributed by atoms with van der Waals surface area (Å²) < 4.78 is 10.2. The molecule has 1 saturated heterocycles. The molecule has 0 N–H and O–H groups in total. The van der Waals surface area contributed by atoms with Crippen molar-refractivity contribution in [1.29, 1.82) is 0 Å². The van der Waals surface area contributed by atoms with Gasteiger partial charge in [0.05, 0.1) is 12.7 Å². The summed E-state index contributed by atoms with van der Waals surface area (Å²) >= 11 is 0. The maximum atomic E-state index is 12.3. The van der Waals surface area contributed by atoms with Gasteiger partial charge >= 0.3 is 5.97 Å². The second-order valence-electron chi connectivity index (χ2n) is 5.45. The molecule has 1 aliphatic heterocycles. The number of carbonyl (C=O) groups excluding carboxylic acids is 2. The van der Waals surface area contributed by atoms with Gasteiger partial charge in [0.1, 0.15) is 5.75 Å². The molecule has 0 unspecified atom stereocenters. The van der Waals surface area contributed by atoms with Crippen molar-refractivity contribution >= 4 is 11.9 Å². The Bertz CT molecular complexity index is 529. The van der Waals surface area contributed by atoms with Gasteiger partial charge in [-0.1, -0.05) is 13.0 Å². The average molecular weight is 305 g/mol. The molecule has 0 spiro atoms. The number of amides is 1. The first-order valence-electron chi connectivity index (χ1n) is 7.76. The van der Waals surface area contributed by atoms with E-state index in [4.69, 9.17) is 9.47 Å². The van der Waals surface area contributed by atoms with E-state index in [0.717, 1.165) is 32.2 Å². The third-order valence-electron chi connectivity index (χ3n) is 4.05. The lowest BCUT2D eigenvalue weighted by atomic mass is 10.00. The maximum absolute atomic E-state index is 12.3. The van der Waals surface area contributed by atoms with Crippen molar-refractivity contribution in [2.45, 2.75) is 38.6 Å². The van der Waals surface area contributed by atoms with E-state index in [2.05, 4.69) is 6.92 Å². The Morgan fingerprint density at radius 2 is 2.14 bits per heavy atom. The summed E-state index contributed by atoms with van der Waals surface area (Å²) in [5.41, 5.74) is 0.387. The van der Waals surface area contributed by atoms with Crippen LogP contribution in [-0.4, -0.2) is 43.1 Å². The molecule has 1 atom stereocenters. The number of methoxy groups -OCH3 is 1. The number of nitrogens with zero attached hydrogens (tertiary/aromatic N) is 1. The van der Waals surface area contributed by atoms with Gasteiger partial charge in [-0.3, -0.25) is 4.79 Å². The highest BCUT2D eigenvalue weighted by Gasteiger charge is 2.26. The SMILES string of the molecule is CC[C@H]1CCCCN1C(=O)COC(=O)c1cccc(OC)c1. The first-order chi connectivity index (χ1) is 10.7. The van der Waals surface area contributed by atoms with E-state index in [-0.39, 0.29) is 18.6 Å². The molecule has 1 fully saturated rings. The van der Waals surface area contributed by atoms with Gasteiger partial charge in [-0.2, -0.15) is 0 Å². The van der Waals surface area contributed by atoms with Crippen LogP contribution in [0.3, 0.4) is 0 Å². The van der Waals surface area contributed by atoms with Crippen molar-refractivity contribution in [3.63, 3.8) is 0 Å². The predicted molar refractivity (Wildman–Crippen MR) is 82.9 cm³/mol. The highest BCUT2D eigenvalue weighted by atomic mass is 16.5. The van der Waals surface area contributed by atoms with E-state index in [1.165, 1.54) is 7.11 Å². The normalized spacial score (nSPS) is 17.9. The predicted octanol–water partition coefficient (Wildman–Crippen LogP) is 2.64. The molecule has 1 heterocycles. The van der Waals surface area contributed by atoms with E-state index in [9.17, 15) is 9.59 Å². The zero-order valence-corrected chi connectivity index (χ0v) is 13.2.